The monoisotopic (exact) mass is 491 g/mol. The first-order valence-corrected chi connectivity index (χ1v) is 10.6. The smallest absolute Gasteiger partial charge is 0.476 e. The third-order valence-electron chi connectivity index (χ3n) is 5.47. The number of fused-ring (bicyclic) bond motifs is 1. The Hall–Kier alpha value is -4.86. The zero-order valence-corrected chi connectivity index (χ0v) is 18.3. The molecule has 0 fully saturated rings. The predicted molar refractivity (Wildman–Crippen MR) is 126 cm³/mol. The van der Waals surface area contributed by atoms with Crippen molar-refractivity contribution in [1.29, 1.82) is 0 Å². The van der Waals surface area contributed by atoms with Crippen LogP contribution in [0.4, 0.5) is 13.2 Å². The van der Waals surface area contributed by atoms with Gasteiger partial charge in [0.1, 0.15) is 11.4 Å². The summed E-state index contributed by atoms with van der Waals surface area (Å²) < 4.78 is 42.8. The average molecular weight is 491 g/mol. The van der Waals surface area contributed by atoms with Crippen LogP contribution in [0.1, 0.15) is 10.5 Å². The van der Waals surface area contributed by atoms with Gasteiger partial charge in [-0.05, 0) is 34.4 Å². The highest BCUT2D eigenvalue weighted by Crippen LogP contribution is 2.32. The number of aromatic nitrogens is 3. The molecule has 0 aliphatic heterocycles. The number of hydrogen-bond donors (Lipinski definition) is 2. The van der Waals surface area contributed by atoms with Crippen LogP contribution >= 0.6 is 0 Å². The molecule has 0 amide bonds. The van der Waals surface area contributed by atoms with Gasteiger partial charge in [-0.3, -0.25) is 4.79 Å². The third kappa shape index (κ3) is 4.43. The van der Waals surface area contributed by atoms with Crippen LogP contribution in [0.25, 0.3) is 39.2 Å². The minimum atomic E-state index is -4.80. The fraction of sp³-hybridized carbons (Fsp3) is 0.0385. The molecule has 5 rings (SSSR count). The maximum atomic E-state index is 13.4. The molecule has 3 aromatic carbocycles. The van der Waals surface area contributed by atoms with Crippen LogP contribution in [0.15, 0.2) is 89.7 Å². The Morgan fingerprint density at radius 1 is 0.861 bits per heavy atom. The molecule has 7 nitrogen and oxygen atoms in total. The number of alkyl halides is 3. The van der Waals surface area contributed by atoms with E-state index in [2.05, 4.69) is 14.8 Å². The number of carbonyl (C=O) groups is 1. The van der Waals surface area contributed by atoms with E-state index in [9.17, 15) is 27.9 Å². The lowest BCUT2D eigenvalue weighted by molar-refractivity contribution is -0.274. The van der Waals surface area contributed by atoms with Crippen molar-refractivity contribution < 1.29 is 27.8 Å². The minimum Gasteiger partial charge on any atom is -0.476 e. The van der Waals surface area contributed by atoms with Gasteiger partial charge in [-0.1, -0.05) is 66.7 Å². The third-order valence-corrected chi connectivity index (χ3v) is 5.47. The Morgan fingerprint density at radius 3 is 2.19 bits per heavy atom. The average Bonchev–Trinajstić information content (AvgIpc) is 3.29. The van der Waals surface area contributed by atoms with Crippen LogP contribution in [-0.4, -0.2) is 32.0 Å². The standard InChI is InChI=1S/C26H16F3N3O4/c27-26(28,29)36-19-8-4-7-18(13-19)15-9-11-17(12-10-15)23-22(16-5-2-1-3-6-16)24(33)32-21(30-23)14-20(31-32)25(34)35/h1-14,30H,(H,34,35). The van der Waals surface area contributed by atoms with Crippen LogP contribution in [-0.2, 0) is 0 Å². The number of ether oxygens (including phenoxy) is 1. The summed E-state index contributed by atoms with van der Waals surface area (Å²) in [4.78, 5) is 27.9. The summed E-state index contributed by atoms with van der Waals surface area (Å²) in [6, 6.07) is 22.6. The molecule has 180 valence electrons. The molecule has 0 aliphatic carbocycles. The van der Waals surface area contributed by atoms with Crippen molar-refractivity contribution >= 4 is 11.6 Å². The summed E-state index contributed by atoms with van der Waals surface area (Å²) in [5.74, 6) is -1.60. The second-order valence-corrected chi connectivity index (χ2v) is 7.83. The fourth-order valence-electron chi connectivity index (χ4n) is 3.92. The Bertz CT molecular complexity index is 1640. The van der Waals surface area contributed by atoms with Crippen LogP contribution in [0.2, 0.25) is 0 Å². The van der Waals surface area contributed by atoms with Crippen LogP contribution in [0.5, 0.6) is 5.75 Å². The highest BCUT2D eigenvalue weighted by Gasteiger charge is 2.31. The van der Waals surface area contributed by atoms with Gasteiger partial charge in [0.15, 0.2) is 5.69 Å². The van der Waals surface area contributed by atoms with E-state index in [0.717, 1.165) is 4.52 Å². The quantitative estimate of drug-likeness (QED) is 0.333. The topological polar surface area (TPSA) is 96.7 Å². The molecule has 0 saturated heterocycles. The summed E-state index contributed by atoms with van der Waals surface area (Å²) in [7, 11) is 0. The number of carboxylic acids is 1. The number of carboxylic acid groups (broad SMARTS) is 1. The second kappa shape index (κ2) is 8.73. The normalized spacial score (nSPS) is 11.5. The number of nitrogens with one attached hydrogen (secondary N) is 1. The molecule has 0 unspecified atom stereocenters. The summed E-state index contributed by atoms with van der Waals surface area (Å²) in [6.45, 7) is 0. The van der Waals surface area contributed by atoms with E-state index >= 15 is 0 Å². The first kappa shape index (κ1) is 22.9. The van der Waals surface area contributed by atoms with Crippen molar-refractivity contribution in [2.45, 2.75) is 6.36 Å². The van der Waals surface area contributed by atoms with Gasteiger partial charge in [0.05, 0.1) is 11.3 Å². The number of H-pyrrole nitrogens is 1. The van der Waals surface area contributed by atoms with Crippen molar-refractivity contribution in [3.8, 4) is 39.3 Å². The molecular formula is C26H16F3N3O4. The lowest BCUT2D eigenvalue weighted by atomic mass is 9.98. The van der Waals surface area contributed by atoms with Gasteiger partial charge in [0.25, 0.3) is 5.56 Å². The molecule has 0 aliphatic rings. The Labute approximate surface area is 201 Å². The molecule has 0 spiro atoms. The second-order valence-electron chi connectivity index (χ2n) is 7.83. The minimum absolute atomic E-state index is 0.202. The van der Waals surface area contributed by atoms with E-state index in [4.69, 9.17) is 0 Å². The van der Waals surface area contributed by atoms with Crippen molar-refractivity contribution in [2.24, 2.45) is 0 Å². The number of hydrogen-bond acceptors (Lipinski definition) is 4. The van der Waals surface area contributed by atoms with Gasteiger partial charge >= 0.3 is 12.3 Å². The number of aromatic amines is 1. The van der Waals surface area contributed by atoms with Crippen LogP contribution in [0, 0.1) is 0 Å². The molecule has 2 aromatic heterocycles. The van der Waals surface area contributed by atoms with Crippen molar-refractivity contribution in [3.05, 3.63) is 101 Å². The van der Waals surface area contributed by atoms with Gasteiger partial charge in [-0.15, -0.1) is 13.2 Å². The molecule has 2 N–H and O–H groups in total. The summed E-state index contributed by atoms with van der Waals surface area (Å²) >= 11 is 0. The van der Waals surface area contributed by atoms with Crippen LogP contribution < -0.4 is 10.3 Å². The molecule has 0 atom stereocenters. The van der Waals surface area contributed by atoms with Gasteiger partial charge in [0, 0.05) is 6.07 Å². The van der Waals surface area contributed by atoms with Crippen LogP contribution in [0.3, 0.4) is 0 Å². The predicted octanol–water partition coefficient (Wildman–Crippen LogP) is 5.62. The molecule has 0 saturated carbocycles. The van der Waals surface area contributed by atoms with Gasteiger partial charge in [-0.2, -0.15) is 9.61 Å². The Morgan fingerprint density at radius 2 is 1.53 bits per heavy atom. The van der Waals surface area contributed by atoms with Gasteiger partial charge < -0.3 is 14.8 Å². The fourth-order valence-corrected chi connectivity index (χ4v) is 3.92. The van der Waals surface area contributed by atoms with Crippen molar-refractivity contribution in [2.75, 3.05) is 0 Å². The number of rotatable bonds is 5. The molecule has 36 heavy (non-hydrogen) atoms. The number of benzene rings is 3. The van der Waals surface area contributed by atoms with Crippen molar-refractivity contribution in [3.63, 3.8) is 0 Å². The van der Waals surface area contributed by atoms with E-state index in [1.54, 1.807) is 60.7 Å². The first-order valence-electron chi connectivity index (χ1n) is 10.6. The Balaban J connectivity index is 1.62. The zero-order chi connectivity index (χ0) is 25.4. The summed E-state index contributed by atoms with van der Waals surface area (Å²) in [5.41, 5.74) is 2.50. The molecule has 2 heterocycles. The summed E-state index contributed by atoms with van der Waals surface area (Å²) in [6.07, 6.45) is -4.80. The molecule has 5 aromatic rings. The Kier molecular flexibility index (Phi) is 5.56. The van der Waals surface area contributed by atoms with E-state index in [0.29, 0.717) is 27.9 Å². The lowest BCUT2D eigenvalue weighted by Gasteiger charge is -2.12. The lowest BCUT2D eigenvalue weighted by Crippen LogP contribution is -2.19. The number of halogens is 3. The van der Waals surface area contributed by atoms with Crippen molar-refractivity contribution in [1.82, 2.24) is 14.6 Å². The molecule has 0 radical (unpaired) electrons. The number of nitrogens with zero attached hydrogens (tertiary/aromatic N) is 2. The maximum absolute atomic E-state index is 13.4. The highest BCUT2D eigenvalue weighted by atomic mass is 19.4. The summed E-state index contributed by atoms with van der Waals surface area (Å²) in [5, 5.41) is 13.2. The molecule has 10 heteroatoms. The SMILES string of the molecule is O=C(O)c1cc2[nH]c(-c3ccc(-c4cccc(OC(F)(F)F)c4)cc3)c(-c3ccccc3)c(=O)n2n1. The largest absolute Gasteiger partial charge is 0.573 e. The van der Waals surface area contributed by atoms with Gasteiger partial charge in [0.2, 0.25) is 0 Å². The van der Waals surface area contributed by atoms with Gasteiger partial charge in [-0.25, -0.2) is 4.79 Å². The molecule has 0 bridgehead atoms. The molecular weight excluding hydrogens is 475 g/mol. The van der Waals surface area contributed by atoms with E-state index in [-0.39, 0.29) is 22.7 Å². The first-order chi connectivity index (χ1) is 17.2. The maximum Gasteiger partial charge on any atom is 0.573 e. The highest BCUT2D eigenvalue weighted by molar-refractivity contribution is 5.88. The number of aromatic carboxylic acids is 1. The van der Waals surface area contributed by atoms with E-state index < -0.39 is 17.9 Å². The van der Waals surface area contributed by atoms with E-state index in [1.807, 2.05) is 0 Å². The zero-order valence-electron chi connectivity index (χ0n) is 18.3. The van der Waals surface area contributed by atoms with E-state index in [1.165, 1.54) is 24.3 Å².